The van der Waals surface area contributed by atoms with Gasteiger partial charge < -0.3 is 9.80 Å². The molecule has 1 aromatic heterocycles. The number of imide groups is 1. The highest BCUT2D eigenvalue weighted by Gasteiger charge is 2.56. The zero-order valence-electron chi connectivity index (χ0n) is 14.8. The molecule has 1 spiro atoms. The number of piperidine rings is 1. The maximum absolute atomic E-state index is 12.7. The first-order valence-corrected chi connectivity index (χ1v) is 8.81. The standard InChI is InChI=1S/C17H27N5O2/c1-4-22-16(24)19(3)15(23)17(22)7-12-20(13-8-17)14(2)6-11-21-10-5-9-18-21/h5,9-10,14H,4,6-8,11-13H2,1-3H3. The largest absolute Gasteiger partial charge is 0.327 e. The number of likely N-dealkylation sites (N-methyl/N-ethyl adjacent to an activating group) is 2. The minimum atomic E-state index is -0.612. The summed E-state index contributed by atoms with van der Waals surface area (Å²) in [6.45, 7) is 7.37. The van der Waals surface area contributed by atoms with Crippen molar-refractivity contribution in [3.05, 3.63) is 18.5 Å². The van der Waals surface area contributed by atoms with E-state index in [1.54, 1.807) is 18.1 Å². The maximum atomic E-state index is 12.7. The van der Waals surface area contributed by atoms with Crippen molar-refractivity contribution in [3.8, 4) is 0 Å². The van der Waals surface area contributed by atoms with Gasteiger partial charge in [-0.05, 0) is 39.2 Å². The fraction of sp³-hybridized carbons (Fsp3) is 0.706. The molecule has 7 heteroatoms. The molecule has 0 radical (unpaired) electrons. The third kappa shape index (κ3) is 2.70. The number of carbonyl (C=O) groups excluding carboxylic acids is 2. The number of nitrogens with zero attached hydrogens (tertiary/aromatic N) is 5. The molecule has 3 amide bonds. The smallest absolute Gasteiger partial charge is 0.310 e. The summed E-state index contributed by atoms with van der Waals surface area (Å²) in [6, 6.07) is 2.22. The number of hydrogen-bond acceptors (Lipinski definition) is 4. The maximum Gasteiger partial charge on any atom is 0.327 e. The van der Waals surface area contributed by atoms with Crippen molar-refractivity contribution in [2.45, 2.75) is 51.2 Å². The lowest BCUT2D eigenvalue weighted by atomic mass is 9.85. The van der Waals surface area contributed by atoms with E-state index in [0.717, 1.165) is 38.9 Å². The molecule has 1 aromatic rings. The zero-order valence-corrected chi connectivity index (χ0v) is 14.8. The highest BCUT2D eigenvalue weighted by molar-refractivity contribution is 6.06. The van der Waals surface area contributed by atoms with Gasteiger partial charge in [-0.25, -0.2) is 4.79 Å². The van der Waals surface area contributed by atoms with Crippen LogP contribution < -0.4 is 0 Å². The van der Waals surface area contributed by atoms with Crippen LogP contribution in [-0.2, 0) is 11.3 Å². The van der Waals surface area contributed by atoms with Crippen molar-refractivity contribution in [2.24, 2.45) is 0 Å². The molecule has 0 bridgehead atoms. The van der Waals surface area contributed by atoms with Crippen molar-refractivity contribution in [2.75, 3.05) is 26.7 Å². The van der Waals surface area contributed by atoms with Crippen molar-refractivity contribution in [1.29, 1.82) is 0 Å². The van der Waals surface area contributed by atoms with Crippen LogP contribution in [0, 0.1) is 0 Å². The van der Waals surface area contributed by atoms with Gasteiger partial charge in [0.15, 0.2) is 0 Å². The zero-order chi connectivity index (χ0) is 17.3. The summed E-state index contributed by atoms with van der Waals surface area (Å²) in [4.78, 5) is 30.4. The van der Waals surface area contributed by atoms with E-state index in [1.807, 2.05) is 23.9 Å². The fourth-order valence-electron chi connectivity index (χ4n) is 4.07. The number of carbonyl (C=O) groups is 2. The molecule has 24 heavy (non-hydrogen) atoms. The number of urea groups is 1. The molecule has 0 saturated carbocycles. The topological polar surface area (TPSA) is 61.7 Å². The normalized spacial score (nSPS) is 22.6. The van der Waals surface area contributed by atoms with Crippen LogP contribution in [0.25, 0.3) is 0 Å². The Bertz CT molecular complexity index is 592. The van der Waals surface area contributed by atoms with E-state index in [-0.39, 0.29) is 11.9 Å². The molecule has 3 heterocycles. The molecule has 7 nitrogen and oxygen atoms in total. The first-order chi connectivity index (χ1) is 11.5. The molecule has 1 atom stereocenters. The summed E-state index contributed by atoms with van der Waals surface area (Å²) in [7, 11) is 1.60. The number of amides is 3. The van der Waals surface area contributed by atoms with Gasteiger partial charge in [-0.3, -0.25) is 14.4 Å². The SMILES string of the molecule is CCN1C(=O)N(C)C(=O)C12CCN(C(C)CCn1cccn1)CC2. The molecule has 0 aliphatic carbocycles. The van der Waals surface area contributed by atoms with E-state index in [4.69, 9.17) is 0 Å². The molecule has 132 valence electrons. The van der Waals surface area contributed by atoms with Gasteiger partial charge >= 0.3 is 6.03 Å². The summed E-state index contributed by atoms with van der Waals surface area (Å²) in [5, 5.41) is 4.24. The average molecular weight is 333 g/mol. The van der Waals surface area contributed by atoms with Gasteiger partial charge in [0.2, 0.25) is 0 Å². The summed E-state index contributed by atoms with van der Waals surface area (Å²) in [5.41, 5.74) is -0.612. The Hall–Kier alpha value is -1.89. The number of aromatic nitrogens is 2. The number of aryl methyl sites for hydroxylation is 1. The predicted molar refractivity (Wildman–Crippen MR) is 90.4 cm³/mol. The van der Waals surface area contributed by atoms with Gasteiger partial charge in [-0.15, -0.1) is 0 Å². The Morgan fingerprint density at radius 1 is 1.29 bits per heavy atom. The first kappa shape index (κ1) is 17.0. The van der Waals surface area contributed by atoms with Crippen LogP contribution in [0.4, 0.5) is 4.79 Å². The van der Waals surface area contributed by atoms with Crippen LogP contribution >= 0.6 is 0 Å². The van der Waals surface area contributed by atoms with Crippen molar-refractivity contribution in [1.82, 2.24) is 24.5 Å². The number of hydrogen-bond donors (Lipinski definition) is 0. The molecule has 2 aliphatic heterocycles. The second-order valence-corrected chi connectivity index (χ2v) is 6.87. The van der Waals surface area contributed by atoms with E-state index in [2.05, 4.69) is 16.9 Å². The van der Waals surface area contributed by atoms with Crippen molar-refractivity contribution < 1.29 is 9.59 Å². The molecular formula is C17H27N5O2. The van der Waals surface area contributed by atoms with Gasteiger partial charge in [-0.2, -0.15) is 5.10 Å². The first-order valence-electron chi connectivity index (χ1n) is 8.81. The Balaban J connectivity index is 1.60. The monoisotopic (exact) mass is 333 g/mol. The minimum absolute atomic E-state index is 0.0294. The van der Waals surface area contributed by atoms with Gasteiger partial charge in [0.1, 0.15) is 5.54 Å². The van der Waals surface area contributed by atoms with E-state index >= 15 is 0 Å². The summed E-state index contributed by atoms with van der Waals surface area (Å²) < 4.78 is 1.95. The molecule has 1 unspecified atom stereocenters. The lowest BCUT2D eigenvalue weighted by molar-refractivity contribution is -0.135. The summed E-state index contributed by atoms with van der Waals surface area (Å²) in [6.07, 6.45) is 6.26. The Labute approximate surface area is 143 Å². The second kappa shape index (κ2) is 6.55. The molecule has 0 N–H and O–H groups in total. The third-order valence-electron chi connectivity index (χ3n) is 5.64. The second-order valence-electron chi connectivity index (χ2n) is 6.87. The van der Waals surface area contributed by atoms with E-state index in [1.165, 1.54) is 4.90 Å². The van der Waals surface area contributed by atoms with Gasteiger partial charge in [0.25, 0.3) is 5.91 Å². The van der Waals surface area contributed by atoms with E-state index < -0.39 is 5.54 Å². The summed E-state index contributed by atoms with van der Waals surface area (Å²) >= 11 is 0. The van der Waals surface area contributed by atoms with Crippen LogP contribution in [0.2, 0.25) is 0 Å². The van der Waals surface area contributed by atoms with E-state index in [0.29, 0.717) is 12.6 Å². The molecule has 2 fully saturated rings. The Kier molecular flexibility index (Phi) is 4.62. The number of rotatable bonds is 5. The van der Waals surface area contributed by atoms with Crippen LogP contribution in [-0.4, -0.2) is 74.7 Å². The third-order valence-corrected chi connectivity index (χ3v) is 5.64. The highest BCUT2D eigenvalue weighted by atomic mass is 16.2. The Morgan fingerprint density at radius 2 is 2.00 bits per heavy atom. The van der Waals surface area contributed by atoms with Crippen molar-refractivity contribution >= 4 is 11.9 Å². The molecule has 0 aromatic carbocycles. The van der Waals surface area contributed by atoms with Crippen LogP contribution in [0.5, 0.6) is 0 Å². The molecular weight excluding hydrogens is 306 g/mol. The molecule has 3 rings (SSSR count). The predicted octanol–water partition coefficient (Wildman–Crippen LogP) is 1.41. The fourth-order valence-corrected chi connectivity index (χ4v) is 4.07. The average Bonchev–Trinajstić information content (AvgIpc) is 3.17. The van der Waals surface area contributed by atoms with Gasteiger partial charge in [0.05, 0.1) is 0 Å². The highest BCUT2D eigenvalue weighted by Crippen LogP contribution is 2.37. The van der Waals surface area contributed by atoms with Crippen molar-refractivity contribution in [3.63, 3.8) is 0 Å². The number of likely N-dealkylation sites (tertiary alicyclic amines) is 1. The summed E-state index contributed by atoms with van der Waals surface area (Å²) in [5.74, 6) is -0.0294. The minimum Gasteiger partial charge on any atom is -0.310 e. The lowest BCUT2D eigenvalue weighted by Crippen LogP contribution is -2.57. The Morgan fingerprint density at radius 3 is 2.58 bits per heavy atom. The molecule has 2 saturated heterocycles. The lowest BCUT2D eigenvalue weighted by Gasteiger charge is -2.43. The van der Waals surface area contributed by atoms with Gasteiger partial charge in [0, 0.05) is 51.7 Å². The quantitative estimate of drug-likeness (QED) is 0.765. The van der Waals surface area contributed by atoms with E-state index in [9.17, 15) is 9.59 Å². The molecule has 2 aliphatic rings. The van der Waals surface area contributed by atoms with Gasteiger partial charge in [-0.1, -0.05) is 0 Å². The van der Waals surface area contributed by atoms with Crippen LogP contribution in [0.1, 0.15) is 33.1 Å². The van der Waals surface area contributed by atoms with Crippen LogP contribution in [0.3, 0.4) is 0 Å². The van der Waals surface area contributed by atoms with Crippen LogP contribution in [0.15, 0.2) is 18.5 Å².